The summed E-state index contributed by atoms with van der Waals surface area (Å²) in [5.41, 5.74) is 0. The van der Waals surface area contributed by atoms with E-state index in [2.05, 4.69) is 33.2 Å². The number of hydrogen-bond donors (Lipinski definition) is 0. The first-order valence-electron chi connectivity index (χ1n) is 4.50. The summed E-state index contributed by atoms with van der Waals surface area (Å²) in [5.74, 6) is -0.378. The zero-order valence-electron chi connectivity index (χ0n) is 7.63. The number of aryl methyl sites for hydroxylation is 1. The van der Waals surface area contributed by atoms with Crippen LogP contribution in [0.5, 0.6) is 0 Å². The molecule has 1 heterocycles. The molecular weight excluding hydrogens is 237 g/mol. The van der Waals surface area contributed by atoms with E-state index in [0.29, 0.717) is 6.54 Å². The highest BCUT2D eigenvalue weighted by Gasteiger charge is 2.07. The Bertz CT molecular complexity index is 262. The molecule has 0 N–H and O–H groups in total. The second-order valence-electron chi connectivity index (χ2n) is 2.95. The van der Waals surface area contributed by atoms with Crippen LogP contribution in [0.15, 0.2) is 4.60 Å². The molecule has 0 saturated heterocycles. The van der Waals surface area contributed by atoms with Gasteiger partial charge < -0.3 is 0 Å². The van der Waals surface area contributed by atoms with Gasteiger partial charge in [0.1, 0.15) is 0 Å². The fourth-order valence-electron chi connectivity index (χ4n) is 1.11. The maximum Gasteiger partial charge on any atom is 0.246 e. The highest BCUT2D eigenvalue weighted by Crippen LogP contribution is 2.11. The molecule has 0 aliphatic rings. The fraction of sp³-hybridized carbons (Fsp3) is 0.750. The molecule has 0 aromatic carbocycles. The zero-order chi connectivity index (χ0) is 9.68. The van der Waals surface area contributed by atoms with Crippen LogP contribution in [0.25, 0.3) is 0 Å². The van der Waals surface area contributed by atoms with E-state index in [9.17, 15) is 4.39 Å². The highest BCUT2D eigenvalue weighted by atomic mass is 79.9. The van der Waals surface area contributed by atoms with E-state index in [0.717, 1.165) is 12.8 Å². The number of rotatable bonds is 5. The summed E-state index contributed by atoms with van der Waals surface area (Å²) in [6.45, 7) is 2.76. The molecule has 0 fully saturated rings. The highest BCUT2D eigenvalue weighted by molar-refractivity contribution is 9.10. The van der Waals surface area contributed by atoms with Crippen LogP contribution >= 0.6 is 15.9 Å². The summed E-state index contributed by atoms with van der Waals surface area (Å²) >= 11 is 2.97. The van der Waals surface area contributed by atoms with Crippen LogP contribution in [0.3, 0.4) is 0 Å². The Kier molecular flexibility index (Phi) is 4.35. The minimum Gasteiger partial charge on any atom is -0.218 e. The van der Waals surface area contributed by atoms with Crippen LogP contribution < -0.4 is 0 Å². The standard InChI is InChI=1S/C8H13BrFN3/c1-2-3-4-5-6-13-8(10)7(9)11-12-13/h2-6H2,1H3. The maximum atomic E-state index is 13.1. The van der Waals surface area contributed by atoms with Crippen molar-refractivity contribution < 1.29 is 4.39 Å². The van der Waals surface area contributed by atoms with Gasteiger partial charge in [0.15, 0.2) is 4.60 Å². The SMILES string of the molecule is CCCCCCn1nnc(Br)c1F. The van der Waals surface area contributed by atoms with E-state index in [4.69, 9.17) is 0 Å². The molecule has 0 unspecified atom stereocenters. The van der Waals surface area contributed by atoms with E-state index in [-0.39, 0.29) is 10.6 Å². The molecule has 5 heteroatoms. The maximum absolute atomic E-state index is 13.1. The third kappa shape index (κ3) is 3.06. The largest absolute Gasteiger partial charge is 0.246 e. The van der Waals surface area contributed by atoms with Gasteiger partial charge in [0.2, 0.25) is 5.95 Å². The van der Waals surface area contributed by atoms with Gasteiger partial charge in [-0.25, -0.2) is 4.68 Å². The van der Waals surface area contributed by atoms with Crippen molar-refractivity contribution in [2.75, 3.05) is 0 Å². The molecule has 0 amide bonds. The van der Waals surface area contributed by atoms with E-state index < -0.39 is 0 Å². The molecule has 0 aliphatic heterocycles. The van der Waals surface area contributed by atoms with Crippen molar-refractivity contribution in [1.82, 2.24) is 15.0 Å². The molecule has 74 valence electrons. The molecule has 1 aromatic heterocycles. The average molecular weight is 250 g/mol. The summed E-state index contributed by atoms with van der Waals surface area (Å²) in [5, 5.41) is 7.23. The van der Waals surface area contributed by atoms with Gasteiger partial charge in [-0.2, -0.15) is 4.39 Å². The lowest BCUT2D eigenvalue weighted by atomic mass is 10.2. The average Bonchev–Trinajstić information content (AvgIpc) is 2.43. The van der Waals surface area contributed by atoms with Crippen molar-refractivity contribution in [2.24, 2.45) is 0 Å². The summed E-state index contributed by atoms with van der Waals surface area (Å²) in [6, 6.07) is 0. The first kappa shape index (κ1) is 10.6. The van der Waals surface area contributed by atoms with Gasteiger partial charge in [0.05, 0.1) is 0 Å². The number of aromatic nitrogens is 3. The second kappa shape index (κ2) is 5.32. The molecule has 13 heavy (non-hydrogen) atoms. The predicted molar refractivity (Wildman–Crippen MR) is 51.8 cm³/mol. The van der Waals surface area contributed by atoms with Gasteiger partial charge in [0.25, 0.3) is 0 Å². The molecule has 0 aliphatic carbocycles. The summed E-state index contributed by atoms with van der Waals surface area (Å²) < 4.78 is 14.6. The van der Waals surface area contributed by atoms with Crippen molar-refractivity contribution in [3.63, 3.8) is 0 Å². The molecular formula is C8H13BrFN3. The molecule has 1 aromatic rings. The number of hydrogen-bond acceptors (Lipinski definition) is 2. The molecule has 0 saturated carbocycles. The Labute approximate surface area is 85.4 Å². The van der Waals surface area contributed by atoms with Gasteiger partial charge in [-0.3, -0.25) is 0 Å². The van der Waals surface area contributed by atoms with E-state index >= 15 is 0 Å². The van der Waals surface area contributed by atoms with Gasteiger partial charge >= 0.3 is 0 Å². The van der Waals surface area contributed by atoms with Gasteiger partial charge in [-0.05, 0) is 22.4 Å². The lowest BCUT2D eigenvalue weighted by Gasteiger charge is -1.99. The van der Waals surface area contributed by atoms with Gasteiger partial charge in [-0.15, -0.1) is 5.10 Å². The first-order chi connectivity index (χ1) is 6.25. The first-order valence-corrected chi connectivity index (χ1v) is 5.29. The van der Waals surface area contributed by atoms with E-state index in [1.165, 1.54) is 17.5 Å². The zero-order valence-corrected chi connectivity index (χ0v) is 9.22. The van der Waals surface area contributed by atoms with Crippen LogP contribution in [0.1, 0.15) is 32.6 Å². The number of unbranched alkanes of at least 4 members (excludes halogenated alkanes) is 3. The van der Waals surface area contributed by atoms with Crippen LogP contribution in [0.2, 0.25) is 0 Å². The smallest absolute Gasteiger partial charge is 0.218 e. The normalized spacial score (nSPS) is 10.7. The minimum absolute atomic E-state index is 0.197. The van der Waals surface area contributed by atoms with Crippen LogP contribution in [-0.4, -0.2) is 15.0 Å². The quantitative estimate of drug-likeness (QED) is 0.752. The Morgan fingerprint density at radius 3 is 2.69 bits per heavy atom. The molecule has 0 bridgehead atoms. The Hall–Kier alpha value is -0.450. The topological polar surface area (TPSA) is 30.7 Å². The Balaban J connectivity index is 2.32. The summed E-state index contributed by atoms with van der Waals surface area (Å²) in [7, 11) is 0. The summed E-state index contributed by atoms with van der Waals surface area (Å²) in [6.07, 6.45) is 4.45. The van der Waals surface area contributed by atoms with Crippen molar-refractivity contribution in [3.8, 4) is 0 Å². The Morgan fingerprint density at radius 1 is 1.38 bits per heavy atom. The van der Waals surface area contributed by atoms with Crippen LogP contribution in [0.4, 0.5) is 4.39 Å². The number of nitrogens with zero attached hydrogens (tertiary/aromatic N) is 3. The van der Waals surface area contributed by atoms with Crippen molar-refractivity contribution >= 4 is 15.9 Å². The second-order valence-corrected chi connectivity index (χ2v) is 3.71. The van der Waals surface area contributed by atoms with Crippen LogP contribution in [-0.2, 0) is 6.54 Å². The van der Waals surface area contributed by atoms with E-state index in [1.807, 2.05) is 0 Å². The number of halogens is 2. The van der Waals surface area contributed by atoms with Gasteiger partial charge in [0, 0.05) is 6.54 Å². The van der Waals surface area contributed by atoms with Crippen LogP contribution in [0, 0.1) is 5.95 Å². The lowest BCUT2D eigenvalue weighted by molar-refractivity contribution is 0.430. The fourth-order valence-corrected chi connectivity index (χ4v) is 1.39. The third-order valence-electron chi connectivity index (χ3n) is 1.86. The predicted octanol–water partition coefficient (Wildman–Crippen LogP) is 2.76. The molecule has 0 spiro atoms. The van der Waals surface area contributed by atoms with Crippen molar-refractivity contribution in [1.29, 1.82) is 0 Å². The lowest BCUT2D eigenvalue weighted by Crippen LogP contribution is -2.03. The molecule has 1 rings (SSSR count). The molecule has 0 radical (unpaired) electrons. The molecule has 0 atom stereocenters. The van der Waals surface area contributed by atoms with Gasteiger partial charge in [-0.1, -0.05) is 31.4 Å². The molecule has 3 nitrogen and oxygen atoms in total. The third-order valence-corrected chi connectivity index (χ3v) is 2.35. The monoisotopic (exact) mass is 249 g/mol. The van der Waals surface area contributed by atoms with E-state index in [1.54, 1.807) is 0 Å². The van der Waals surface area contributed by atoms with Crippen molar-refractivity contribution in [3.05, 3.63) is 10.6 Å². The summed E-state index contributed by atoms with van der Waals surface area (Å²) in [4.78, 5) is 0. The Morgan fingerprint density at radius 2 is 2.15 bits per heavy atom. The minimum atomic E-state index is -0.378. The van der Waals surface area contributed by atoms with Crippen molar-refractivity contribution in [2.45, 2.75) is 39.2 Å².